The Kier molecular flexibility index (Phi) is 4.29. The third-order valence-corrected chi connectivity index (χ3v) is 6.68. The minimum Gasteiger partial charge on any atom is -0.310 e. The number of rotatable bonds is 4. The molecule has 0 aromatic heterocycles. The van der Waals surface area contributed by atoms with Gasteiger partial charge >= 0.3 is 0 Å². The van der Waals surface area contributed by atoms with Crippen molar-refractivity contribution in [3.8, 4) is 0 Å². The van der Waals surface area contributed by atoms with Gasteiger partial charge in [0.2, 0.25) is 11.8 Å². The number of benzene rings is 1. The predicted octanol–water partition coefficient (Wildman–Crippen LogP) is 0.462. The third kappa shape index (κ3) is 3.16. The molecule has 152 valence electrons. The molecule has 3 fully saturated rings. The maximum atomic E-state index is 13.1. The summed E-state index contributed by atoms with van der Waals surface area (Å²) in [7, 11) is 0. The Labute approximate surface area is 168 Å². The van der Waals surface area contributed by atoms with Crippen molar-refractivity contribution in [2.24, 2.45) is 0 Å². The molecule has 2 saturated heterocycles. The minimum atomic E-state index is -0.932. The predicted molar refractivity (Wildman–Crippen MR) is 103 cm³/mol. The Hall–Kier alpha value is -2.58. The lowest BCUT2D eigenvalue weighted by molar-refractivity contribution is -0.136. The van der Waals surface area contributed by atoms with Gasteiger partial charge in [0.15, 0.2) is 0 Å². The summed E-state index contributed by atoms with van der Waals surface area (Å²) in [4.78, 5) is 50.6. The number of hydrogen-bond acceptors (Lipinski definition) is 6. The molecule has 1 aromatic carbocycles. The molecule has 5 rings (SSSR count). The average Bonchev–Trinajstić information content (AvgIpc) is 3.42. The van der Waals surface area contributed by atoms with Crippen LogP contribution in [0.25, 0.3) is 0 Å². The molecule has 1 spiro atoms. The van der Waals surface area contributed by atoms with Crippen molar-refractivity contribution < 1.29 is 19.2 Å². The fourth-order valence-electron chi connectivity index (χ4n) is 4.72. The first-order chi connectivity index (χ1) is 14.0. The zero-order valence-electron chi connectivity index (χ0n) is 16.1. The summed E-state index contributed by atoms with van der Waals surface area (Å²) in [6, 6.07) is 4.65. The van der Waals surface area contributed by atoms with Crippen LogP contribution in [0.5, 0.6) is 0 Å². The van der Waals surface area contributed by atoms with Gasteiger partial charge in [0, 0.05) is 31.1 Å². The van der Waals surface area contributed by atoms with Gasteiger partial charge < -0.3 is 10.6 Å². The first-order valence-corrected chi connectivity index (χ1v) is 10.3. The number of imide groups is 2. The van der Waals surface area contributed by atoms with Crippen LogP contribution in [-0.4, -0.2) is 52.7 Å². The highest BCUT2D eigenvalue weighted by Crippen LogP contribution is 2.41. The molecule has 1 saturated carbocycles. The van der Waals surface area contributed by atoms with Crippen LogP contribution >= 0.6 is 0 Å². The molecule has 8 heteroatoms. The number of carbonyl (C=O) groups excluding carboxylic acids is 4. The van der Waals surface area contributed by atoms with Gasteiger partial charge in [-0.15, -0.1) is 0 Å². The Morgan fingerprint density at radius 1 is 1.07 bits per heavy atom. The lowest BCUT2D eigenvalue weighted by Gasteiger charge is -2.31. The highest BCUT2D eigenvalue weighted by molar-refractivity contribution is 6.24. The van der Waals surface area contributed by atoms with E-state index in [1.807, 2.05) is 6.07 Å². The van der Waals surface area contributed by atoms with Gasteiger partial charge in [-0.3, -0.25) is 29.4 Å². The molecular weight excluding hydrogens is 372 g/mol. The summed E-state index contributed by atoms with van der Waals surface area (Å²) in [5.74, 6) is -1.87. The first-order valence-electron chi connectivity index (χ1n) is 10.3. The van der Waals surface area contributed by atoms with Gasteiger partial charge in [-0.05, 0) is 43.7 Å². The van der Waals surface area contributed by atoms with Gasteiger partial charge in [0.1, 0.15) is 6.04 Å². The highest BCUT2D eigenvalue weighted by atomic mass is 16.2. The van der Waals surface area contributed by atoms with Crippen molar-refractivity contribution in [2.45, 2.75) is 62.7 Å². The lowest BCUT2D eigenvalue weighted by atomic mass is 9.98. The van der Waals surface area contributed by atoms with Crippen molar-refractivity contribution >= 4 is 23.6 Å². The van der Waals surface area contributed by atoms with Crippen molar-refractivity contribution in [3.63, 3.8) is 0 Å². The number of amides is 4. The first kappa shape index (κ1) is 18.4. The van der Waals surface area contributed by atoms with Crippen LogP contribution in [0.1, 0.15) is 64.8 Å². The molecule has 1 aromatic rings. The lowest BCUT2D eigenvalue weighted by Crippen LogP contribution is -2.54. The summed E-state index contributed by atoms with van der Waals surface area (Å²) >= 11 is 0. The van der Waals surface area contributed by atoms with Gasteiger partial charge in [-0.25, -0.2) is 0 Å². The Balaban J connectivity index is 1.32. The maximum Gasteiger partial charge on any atom is 0.262 e. The number of fused-ring (bicyclic) bond motifs is 1. The smallest absolute Gasteiger partial charge is 0.262 e. The average molecular weight is 396 g/mol. The van der Waals surface area contributed by atoms with E-state index in [1.54, 1.807) is 12.1 Å². The van der Waals surface area contributed by atoms with Crippen molar-refractivity contribution in [2.75, 3.05) is 6.54 Å². The largest absolute Gasteiger partial charge is 0.310 e. The van der Waals surface area contributed by atoms with E-state index in [4.69, 9.17) is 0 Å². The summed E-state index contributed by atoms with van der Waals surface area (Å²) in [6.07, 6.45) is 5.07. The zero-order valence-corrected chi connectivity index (χ0v) is 16.1. The molecular formula is C21H24N4O4. The van der Waals surface area contributed by atoms with Crippen molar-refractivity contribution in [1.82, 2.24) is 20.9 Å². The molecule has 3 heterocycles. The fourth-order valence-corrected chi connectivity index (χ4v) is 4.72. The van der Waals surface area contributed by atoms with Gasteiger partial charge in [-0.2, -0.15) is 0 Å². The standard InChI is InChI=1S/C21H24N4O4/c26-16-5-4-15(18(27)24-16)25-19(28)14-3-1-2-12(17(14)20(25)29)10-22-13-6-7-21(8-9-21)23-11-13/h1-3,13,15,22-23H,4-11H2,(H,24,26,27). The molecule has 8 nitrogen and oxygen atoms in total. The molecule has 1 aliphatic carbocycles. The summed E-state index contributed by atoms with van der Waals surface area (Å²) in [5.41, 5.74) is 1.86. The van der Waals surface area contributed by atoms with Crippen LogP contribution in [0.3, 0.4) is 0 Å². The molecule has 4 amide bonds. The number of carbonyl (C=O) groups is 4. The third-order valence-electron chi connectivity index (χ3n) is 6.68. The van der Waals surface area contributed by atoms with Crippen LogP contribution < -0.4 is 16.0 Å². The molecule has 3 N–H and O–H groups in total. The highest BCUT2D eigenvalue weighted by Gasteiger charge is 2.46. The van der Waals surface area contributed by atoms with E-state index in [0.717, 1.165) is 29.8 Å². The van der Waals surface area contributed by atoms with Crippen LogP contribution in [0, 0.1) is 0 Å². The summed E-state index contributed by atoms with van der Waals surface area (Å²) in [6.45, 7) is 1.40. The molecule has 29 heavy (non-hydrogen) atoms. The summed E-state index contributed by atoms with van der Waals surface area (Å²) < 4.78 is 0. The number of nitrogens with zero attached hydrogens (tertiary/aromatic N) is 1. The minimum absolute atomic E-state index is 0.119. The van der Waals surface area contributed by atoms with Crippen molar-refractivity contribution in [1.29, 1.82) is 0 Å². The number of piperidine rings is 2. The van der Waals surface area contributed by atoms with E-state index in [0.29, 0.717) is 29.3 Å². The van der Waals surface area contributed by atoms with E-state index in [9.17, 15) is 19.2 Å². The zero-order chi connectivity index (χ0) is 20.2. The Bertz CT molecular complexity index is 913. The van der Waals surface area contributed by atoms with Gasteiger partial charge in [0.25, 0.3) is 11.8 Å². The second-order valence-electron chi connectivity index (χ2n) is 8.56. The molecule has 2 unspecified atom stereocenters. The van der Waals surface area contributed by atoms with Crippen LogP contribution in [0.15, 0.2) is 18.2 Å². The quantitative estimate of drug-likeness (QED) is 0.639. The Morgan fingerprint density at radius 3 is 2.59 bits per heavy atom. The second-order valence-corrected chi connectivity index (χ2v) is 8.56. The van der Waals surface area contributed by atoms with E-state index in [-0.39, 0.29) is 18.7 Å². The van der Waals surface area contributed by atoms with E-state index < -0.39 is 23.8 Å². The van der Waals surface area contributed by atoms with Crippen LogP contribution in [-0.2, 0) is 16.1 Å². The van der Waals surface area contributed by atoms with E-state index >= 15 is 0 Å². The fraction of sp³-hybridized carbons (Fsp3) is 0.524. The SMILES string of the molecule is O=C1CCC(N2C(=O)c3cccc(CNC4CCC5(CC5)NC4)c3C2=O)C(=O)N1. The van der Waals surface area contributed by atoms with Crippen molar-refractivity contribution in [3.05, 3.63) is 34.9 Å². The number of nitrogens with one attached hydrogen (secondary N) is 3. The molecule has 0 radical (unpaired) electrons. The maximum absolute atomic E-state index is 13.1. The Morgan fingerprint density at radius 2 is 1.90 bits per heavy atom. The van der Waals surface area contributed by atoms with Gasteiger partial charge in [-0.1, -0.05) is 12.1 Å². The van der Waals surface area contributed by atoms with E-state index in [1.165, 1.54) is 12.8 Å². The molecule has 2 atom stereocenters. The van der Waals surface area contributed by atoms with Crippen LogP contribution in [0.2, 0.25) is 0 Å². The second kappa shape index (κ2) is 6.74. The topological polar surface area (TPSA) is 108 Å². The number of hydrogen-bond donors (Lipinski definition) is 3. The molecule has 0 bridgehead atoms. The van der Waals surface area contributed by atoms with E-state index in [2.05, 4.69) is 16.0 Å². The normalized spacial score (nSPS) is 27.9. The van der Waals surface area contributed by atoms with Crippen LogP contribution in [0.4, 0.5) is 0 Å². The monoisotopic (exact) mass is 396 g/mol. The summed E-state index contributed by atoms with van der Waals surface area (Å²) in [5, 5.41) is 9.35. The molecule has 3 aliphatic heterocycles. The van der Waals surface area contributed by atoms with Gasteiger partial charge in [0.05, 0.1) is 11.1 Å². The molecule has 4 aliphatic rings.